The predicted octanol–water partition coefficient (Wildman–Crippen LogP) is 4.22. The lowest BCUT2D eigenvalue weighted by atomic mass is 10.2. The Morgan fingerprint density at radius 1 is 1.29 bits per heavy atom. The Morgan fingerprint density at radius 2 is 1.95 bits per heavy atom. The molecule has 110 valence electrons. The number of benzene rings is 1. The van der Waals surface area contributed by atoms with Gasteiger partial charge in [0.15, 0.2) is 0 Å². The van der Waals surface area contributed by atoms with Gasteiger partial charge in [0, 0.05) is 5.02 Å². The number of rotatable bonds is 4. The maximum Gasteiger partial charge on any atom is 0.255 e. The zero-order valence-electron chi connectivity index (χ0n) is 11.0. The summed E-state index contributed by atoms with van der Waals surface area (Å²) in [6.07, 6.45) is 2.95. The molecule has 0 aliphatic rings. The van der Waals surface area contributed by atoms with Gasteiger partial charge >= 0.3 is 0 Å². The van der Waals surface area contributed by atoms with Crippen molar-refractivity contribution in [2.45, 2.75) is 6.92 Å². The normalized spacial score (nSPS) is 11.8. The minimum absolute atomic E-state index is 0.413. The molecule has 0 saturated heterocycles. The van der Waals surface area contributed by atoms with E-state index in [1.807, 2.05) is 6.92 Å². The average molecular weight is 388 g/mol. The molecule has 0 aliphatic carbocycles. The van der Waals surface area contributed by atoms with E-state index in [1.54, 1.807) is 30.3 Å². The zero-order chi connectivity index (χ0) is 15.5. The summed E-state index contributed by atoms with van der Waals surface area (Å²) in [6.45, 7) is 1.83. The van der Waals surface area contributed by atoms with Crippen LogP contribution in [0.4, 0.5) is 5.69 Å². The van der Waals surface area contributed by atoms with Crippen LogP contribution in [-0.2, 0) is 10.0 Å². The molecule has 1 aromatic carbocycles. The number of sulfonamides is 1. The Bertz CT molecular complexity index is 774. The Kier molecular flexibility index (Phi) is 5.03. The Morgan fingerprint density at radius 3 is 2.57 bits per heavy atom. The molecule has 2 aromatic rings. The molecule has 0 saturated carbocycles. The third kappa shape index (κ3) is 4.84. The quantitative estimate of drug-likeness (QED) is 0.799. The number of halogens is 2. The van der Waals surface area contributed by atoms with Crippen LogP contribution >= 0.6 is 27.5 Å². The first-order valence-electron chi connectivity index (χ1n) is 5.94. The molecular weight excluding hydrogens is 376 g/mol. The Labute approximate surface area is 137 Å². The molecule has 0 aliphatic heterocycles. The van der Waals surface area contributed by atoms with Gasteiger partial charge < -0.3 is 0 Å². The molecule has 4 nitrogen and oxygen atoms in total. The van der Waals surface area contributed by atoms with Gasteiger partial charge in [-0.25, -0.2) is 13.4 Å². The van der Waals surface area contributed by atoms with Gasteiger partial charge in [0.2, 0.25) is 0 Å². The van der Waals surface area contributed by atoms with Crippen LogP contribution in [0.2, 0.25) is 5.02 Å². The summed E-state index contributed by atoms with van der Waals surface area (Å²) in [4.78, 5) is 4.04. The molecule has 21 heavy (non-hydrogen) atoms. The van der Waals surface area contributed by atoms with Crippen molar-refractivity contribution in [1.82, 2.24) is 4.98 Å². The first-order chi connectivity index (χ1) is 9.85. The molecule has 7 heteroatoms. The summed E-state index contributed by atoms with van der Waals surface area (Å²) >= 11 is 9.03. The minimum Gasteiger partial charge on any atom is -0.279 e. The highest BCUT2D eigenvalue weighted by Crippen LogP contribution is 2.18. The van der Waals surface area contributed by atoms with Gasteiger partial charge in [0.25, 0.3) is 10.0 Å². The Balaban J connectivity index is 2.14. The smallest absolute Gasteiger partial charge is 0.255 e. The summed E-state index contributed by atoms with van der Waals surface area (Å²) in [7, 11) is -3.59. The van der Waals surface area contributed by atoms with Crippen molar-refractivity contribution in [3.63, 3.8) is 0 Å². The lowest BCUT2D eigenvalue weighted by Crippen LogP contribution is -2.09. The molecule has 0 spiro atoms. The highest BCUT2D eigenvalue weighted by molar-refractivity contribution is 9.10. The van der Waals surface area contributed by atoms with Crippen LogP contribution in [-0.4, -0.2) is 13.4 Å². The van der Waals surface area contributed by atoms with Crippen LogP contribution in [0.25, 0.3) is 6.08 Å². The number of nitrogens with zero attached hydrogens (tertiary/aromatic N) is 1. The Hall–Kier alpha value is -1.37. The monoisotopic (exact) mass is 386 g/mol. The molecule has 0 amide bonds. The van der Waals surface area contributed by atoms with Crippen molar-refractivity contribution in [3.05, 3.63) is 62.7 Å². The number of aryl methyl sites for hydroxylation is 1. The molecule has 0 atom stereocenters. The molecule has 0 bridgehead atoms. The van der Waals surface area contributed by atoms with Crippen molar-refractivity contribution < 1.29 is 8.42 Å². The average Bonchev–Trinajstić information content (AvgIpc) is 2.42. The van der Waals surface area contributed by atoms with Crippen LogP contribution in [0.5, 0.6) is 0 Å². The molecule has 1 aromatic heterocycles. The number of hydrogen-bond donors (Lipinski definition) is 1. The fourth-order valence-corrected chi connectivity index (χ4v) is 2.74. The second-order valence-corrected chi connectivity index (χ2v) is 7.09. The fraction of sp³-hybridized carbons (Fsp3) is 0.0714. The minimum atomic E-state index is -3.59. The van der Waals surface area contributed by atoms with E-state index in [9.17, 15) is 8.42 Å². The summed E-state index contributed by atoms with van der Waals surface area (Å²) in [6, 6.07) is 8.57. The summed E-state index contributed by atoms with van der Waals surface area (Å²) < 4.78 is 27.1. The number of anilines is 1. The first-order valence-corrected chi connectivity index (χ1v) is 8.66. The molecular formula is C14H12BrClN2O2S. The molecule has 1 N–H and O–H groups in total. The maximum atomic E-state index is 12.0. The topological polar surface area (TPSA) is 59.1 Å². The molecule has 0 fully saturated rings. The van der Waals surface area contributed by atoms with Crippen LogP contribution in [0.3, 0.4) is 0 Å². The lowest BCUT2D eigenvalue weighted by Gasteiger charge is -2.05. The second-order valence-electron chi connectivity index (χ2n) is 4.33. The fourth-order valence-electron chi connectivity index (χ4n) is 1.55. The number of aromatic nitrogens is 1. The van der Waals surface area contributed by atoms with E-state index in [2.05, 4.69) is 25.6 Å². The van der Waals surface area contributed by atoms with Gasteiger partial charge in [-0.05, 0) is 58.3 Å². The van der Waals surface area contributed by atoms with Crippen LogP contribution in [0.1, 0.15) is 11.1 Å². The van der Waals surface area contributed by atoms with E-state index in [1.165, 1.54) is 12.3 Å². The highest BCUT2D eigenvalue weighted by atomic mass is 79.9. The van der Waals surface area contributed by atoms with Gasteiger partial charge in [-0.2, -0.15) is 0 Å². The van der Waals surface area contributed by atoms with Crippen molar-refractivity contribution in [2.75, 3.05) is 4.72 Å². The van der Waals surface area contributed by atoms with E-state index in [0.29, 0.717) is 15.3 Å². The van der Waals surface area contributed by atoms with Gasteiger partial charge in [-0.3, -0.25) is 4.72 Å². The van der Waals surface area contributed by atoms with Gasteiger partial charge in [0.05, 0.1) is 17.3 Å². The standard InChI is InChI=1S/C14H12BrClN2O2S/c1-10-8-13(9-17-14(10)15)18-21(19,20)7-6-11-2-4-12(16)5-3-11/h2-9,18H,1H3/b7-6+. The van der Waals surface area contributed by atoms with E-state index < -0.39 is 10.0 Å². The zero-order valence-corrected chi connectivity index (χ0v) is 14.2. The molecule has 0 unspecified atom stereocenters. The van der Waals surface area contributed by atoms with E-state index in [0.717, 1.165) is 16.5 Å². The van der Waals surface area contributed by atoms with E-state index in [-0.39, 0.29) is 0 Å². The maximum absolute atomic E-state index is 12.0. The summed E-state index contributed by atoms with van der Waals surface area (Å²) in [5.41, 5.74) is 2.00. The van der Waals surface area contributed by atoms with E-state index in [4.69, 9.17) is 11.6 Å². The number of nitrogens with one attached hydrogen (secondary N) is 1. The molecule has 2 rings (SSSR count). The van der Waals surface area contributed by atoms with Gasteiger partial charge in [0.1, 0.15) is 4.60 Å². The summed E-state index contributed by atoms with van der Waals surface area (Å²) in [5.74, 6) is 0. The second kappa shape index (κ2) is 6.60. The third-order valence-electron chi connectivity index (χ3n) is 2.58. The van der Waals surface area contributed by atoms with Gasteiger partial charge in [-0.1, -0.05) is 23.7 Å². The van der Waals surface area contributed by atoms with Crippen molar-refractivity contribution in [1.29, 1.82) is 0 Å². The van der Waals surface area contributed by atoms with Crippen molar-refractivity contribution in [2.24, 2.45) is 0 Å². The van der Waals surface area contributed by atoms with Crippen LogP contribution in [0.15, 0.2) is 46.5 Å². The molecule has 0 radical (unpaired) electrons. The van der Waals surface area contributed by atoms with Crippen molar-refractivity contribution >= 4 is 49.3 Å². The molecule has 1 heterocycles. The largest absolute Gasteiger partial charge is 0.279 e. The first kappa shape index (κ1) is 16.0. The highest BCUT2D eigenvalue weighted by Gasteiger charge is 2.07. The SMILES string of the molecule is Cc1cc(NS(=O)(=O)/C=C/c2ccc(Cl)cc2)cnc1Br. The third-order valence-corrected chi connectivity index (χ3v) is 4.68. The number of pyridine rings is 1. The van der Waals surface area contributed by atoms with Crippen molar-refractivity contribution in [3.8, 4) is 0 Å². The van der Waals surface area contributed by atoms with Crippen LogP contribution < -0.4 is 4.72 Å². The van der Waals surface area contributed by atoms with Gasteiger partial charge in [-0.15, -0.1) is 0 Å². The number of hydrogen-bond acceptors (Lipinski definition) is 3. The summed E-state index contributed by atoms with van der Waals surface area (Å²) in [5, 5.41) is 1.71. The lowest BCUT2D eigenvalue weighted by molar-refractivity contribution is 0.609. The van der Waals surface area contributed by atoms with Crippen LogP contribution in [0, 0.1) is 6.92 Å². The predicted molar refractivity (Wildman–Crippen MR) is 89.7 cm³/mol. The van der Waals surface area contributed by atoms with E-state index >= 15 is 0 Å².